The smallest absolute Gasteiger partial charge is 0.303 e. The van der Waals surface area contributed by atoms with Crippen LogP contribution in [0.25, 0.3) is 0 Å². The molecule has 2 N–H and O–H groups in total. The van der Waals surface area contributed by atoms with Crippen LogP contribution in [0.15, 0.2) is 72.9 Å². The summed E-state index contributed by atoms with van der Waals surface area (Å²) in [5.41, 5.74) is 0. The van der Waals surface area contributed by atoms with Gasteiger partial charge in [0.05, 0.1) is 0 Å². The van der Waals surface area contributed by atoms with Crippen molar-refractivity contribution in [2.75, 3.05) is 0 Å². The number of aliphatic carboxylic acids is 2. The Morgan fingerprint density at radius 1 is 0.400 bits per heavy atom. The minimum Gasteiger partial charge on any atom is -0.481 e. The van der Waals surface area contributed by atoms with Crippen molar-refractivity contribution in [1.82, 2.24) is 0 Å². The SMILES string of the molecule is CCCCC/C=C\C/C=C\C/C=C\CCCCC(=O)O.CCCCCC=CCC=CCC=CCCCCC(=O)O. The van der Waals surface area contributed by atoms with Crippen molar-refractivity contribution in [3.8, 4) is 0 Å². The predicted octanol–water partition coefficient (Wildman–Crippen LogP) is 11.3. The molecule has 0 aliphatic rings. The molecule has 0 spiro atoms. The molecule has 4 heteroatoms. The molecule has 40 heavy (non-hydrogen) atoms. The number of hydrogen-bond acceptors (Lipinski definition) is 2. The van der Waals surface area contributed by atoms with Gasteiger partial charge in [-0.15, -0.1) is 0 Å². The zero-order valence-corrected chi connectivity index (χ0v) is 25.8. The molecule has 0 aliphatic carbocycles. The van der Waals surface area contributed by atoms with Gasteiger partial charge < -0.3 is 10.2 Å². The van der Waals surface area contributed by atoms with Crippen molar-refractivity contribution in [1.29, 1.82) is 0 Å². The summed E-state index contributed by atoms with van der Waals surface area (Å²) in [4.78, 5) is 20.6. The fraction of sp³-hybridized carbons (Fsp3) is 0.611. The van der Waals surface area contributed by atoms with E-state index in [1.807, 2.05) is 0 Å². The van der Waals surface area contributed by atoms with Crippen molar-refractivity contribution < 1.29 is 19.8 Å². The third-order valence-corrected chi connectivity index (χ3v) is 6.06. The van der Waals surface area contributed by atoms with Gasteiger partial charge in [0.2, 0.25) is 0 Å². The average molecular weight is 557 g/mol. The summed E-state index contributed by atoms with van der Waals surface area (Å²) in [6, 6.07) is 0. The molecule has 0 amide bonds. The molecule has 0 aliphatic heterocycles. The summed E-state index contributed by atoms with van der Waals surface area (Å²) < 4.78 is 0. The van der Waals surface area contributed by atoms with Crippen molar-refractivity contribution in [2.45, 2.75) is 142 Å². The molecule has 0 aromatic carbocycles. The lowest BCUT2D eigenvalue weighted by molar-refractivity contribution is -0.138. The molecule has 0 aromatic rings. The van der Waals surface area contributed by atoms with E-state index in [1.54, 1.807) is 0 Å². The summed E-state index contributed by atoms with van der Waals surface area (Å²) in [6.45, 7) is 4.46. The molecule has 0 saturated heterocycles. The molecule has 0 saturated carbocycles. The number of unbranched alkanes of at least 4 members (excludes halogenated alkanes) is 10. The number of hydrogen-bond donors (Lipinski definition) is 2. The third-order valence-electron chi connectivity index (χ3n) is 6.06. The minimum atomic E-state index is -0.695. The summed E-state index contributed by atoms with van der Waals surface area (Å²) in [5, 5.41) is 17.0. The van der Waals surface area contributed by atoms with Gasteiger partial charge in [-0.2, -0.15) is 0 Å². The van der Waals surface area contributed by atoms with Gasteiger partial charge in [-0.3, -0.25) is 9.59 Å². The Bertz CT molecular complexity index is 663. The highest BCUT2D eigenvalue weighted by Gasteiger charge is 1.94. The zero-order valence-electron chi connectivity index (χ0n) is 25.8. The standard InChI is InChI=1S/2C18H30O2/c2*1-2-3-4-5-6-7-8-9-10-11-12-13-14-15-16-17-18(19)20/h2*6-7,9-10,12-13H,2-5,8,11,14-17H2,1H3,(H,19,20)/b7-6-,10-9-,13-12-;. The van der Waals surface area contributed by atoms with Gasteiger partial charge in [-0.05, 0) is 89.9 Å². The van der Waals surface area contributed by atoms with E-state index in [0.717, 1.165) is 64.2 Å². The van der Waals surface area contributed by atoms with E-state index in [0.29, 0.717) is 12.8 Å². The quantitative estimate of drug-likeness (QED) is 0.0820. The van der Waals surface area contributed by atoms with E-state index in [9.17, 15) is 9.59 Å². The van der Waals surface area contributed by atoms with E-state index in [4.69, 9.17) is 10.2 Å². The number of carboxylic acid groups (broad SMARTS) is 2. The van der Waals surface area contributed by atoms with Crippen LogP contribution >= 0.6 is 0 Å². The predicted molar refractivity (Wildman–Crippen MR) is 174 cm³/mol. The molecule has 4 nitrogen and oxygen atoms in total. The van der Waals surface area contributed by atoms with Crippen LogP contribution in [-0.4, -0.2) is 22.2 Å². The Labute approximate surface area is 246 Å². The molecule has 0 unspecified atom stereocenters. The first-order chi connectivity index (χ1) is 19.5. The zero-order chi connectivity index (χ0) is 29.8. The van der Waals surface area contributed by atoms with Crippen LogP contribution < -0.4 is 0 Å². The first-order valence-electron chi connectivity index (χ1n) is 15.9. The highest BCUT2D eigenvalue weighted by atomic mass is 16.4. The summed E-state index contributed by atoms with van der Waals surface area (Å²) >= 11 is 0. The molecule has 0 bridgehead atoms. The number of carbonyl (C=O) groups is 2. The van der Waals surface area contributed by atoms with Gasteiger partial charge in [0.15, 0.2) is 0 Å². The van der Waals surface area contributed by atoms with Gasteiger partial charge >= 0.3 is 11.9 Å². The summed E-state index contributed by atoms with van der Waals surface area (Å²) in [7, 11) is 0. The van der Waals surface area contributed by atoms with Crippen LogP contribution in [0.5, 0.6) is 0 Å². The van der Waals surface area contributed by atoms with Crippen molar-refractivity contribution in [3.63, 3.8) is 0 Å². The fourth-order valence-electron chi connectivity index (χ4n) is 3.66. The second kappa shape index (κ2) is 36.4. The van der Waals surface area contributed by atoms with Gasteiger partial charge in [0.1, 0.15) is 0 Å². The van der Waals surface area contributed by atoms with E-state index in [-0.39, 0.29) is 0 Å². The maximum absolute atomic E-state index is 10.3. The molecule has 228 valence electrons. The Morgan fingerprint density at radius 2 is 0.650 bits per heavy atom. The van der Waals surface area contributed by atoms with E-state index in [1.165, 1.54) is 51.4 Å². The van der Waals surface area contributed by atoms with Gasteiger partial charge in [0, 0.05) is 12.8 Å². The van der Waals surface area contributed by atoms with Gasteiger partial charge in [-0.1, -0.05) is 112 Å². The minimum absolute atomic E-state index is 0.290. The maximum atomic E-state index is 10.3. The molecule has 0 fully saturated rings. The van der Waals surface area contributed by atoms with Gasteiger partial charge in [0.25, 0.3) is 0 Å². The van der Waals surface area contributed by atoms with Gasteiger partial charge in [-0.25, -0.2) is 0 Å². The average Bonchev–Trinajstić information content (AvgIpc) is 2.93. The Hall–Kier alpha value is -2.62. The molecular weight excluding hydrogens is 496 g/mol. The van der Waals surface area contributed by atoms with Crippen LogP contribution in [0.4, 0.5) is 0 Å². The van der Waals surface area contributed by atoms with E-state index in [2.05, 4.69) is 86.8 Å². The lowest BCUT2D eigenvalue weighted by Gasteiger charge is -1.92. The van der Waals surface area contributed by atoms with Crippen molar-refractivity contribution in [3.05, 3.63) is 72.9 Å². The second-order valence-electron chi connectivity index (χ2n) is 10.0. The number of rotatable bonds is 26. The highest BCUT2D eigenvalue weighted by molar-refractivity contribution is 5.66. The molecule has 0 aromatic heterocycles. The van der Waals surface area contributed by atoms with Crippen LogP contribution in [-0.2, 0) is 9.59 Å². The molecule has 0 atom stereocenters. The molecule has 0 heterocycles. The molecule has 0 radical (unpaired) electrons. The van der Waals surface area contributed by atoms with Crippen molar-refractivity contribution in [2.24, 2.45) is 0 Å². The van der Waals surface area contributed by atoms with E-state index >= 15 is 0 Å². The number of allylic oxidation sites excluding steroid dienone is 12. The molecular formula is C36H60O4. The van der Waals surface area contributed by atoms with Crippen LogP contribution in [0.2, 0.25) is 0 Å². The summed E-state index contributed by atoms with van der Waals surface area (Å²) in [6.07, 6.45) is 46.7. The Kier molecular flexibility index (Phi) is 35.9. The lowest BCUT2D eigenvalue weighted by Crippen LogP contribution is -1.92. The largest absolute Gasteiger partial charge is 0.481 e. The van der Waals surface area contributed by atoms with Crippen LogP contribution in [0, 0.1) is 0 Å². The van der Waals surface area contributed by atoms with E-state index < -0.39 is 11.9 Å². The third kappa shape index (κ3) is 42.5. The second-order valence-corrected chi connectivity index (χ2v) is 10.0. The Balaban J connectivity index is 0. The maximum Gasteiger partial charge on any atom is 0.303 e. The first kappa shape index (κ1) is 39.5. The normalized spacial score (nSPS) is 12.1. The lowest BCUT2D eigenvalue weighted by atomic mass is 10.2. The first-order valence-corrected chi connectivity index (χ1v) is 15.9. The Morgan fingerprint density at radius 3 is 0.900 bits per heavy atom. The highest BCUT2D eigenvalue weighted by Crippen LogP contribution is 2.04. The monoisotopic (exact) mass is 556 g/mol. The fourth-order valence-corrected chi connectivity index (χ4v) is 3.66. The molecule has 0 rings (SSSR count). The van der Waals surface area contributed by atoms with Crippen LogP contribution in [0.3, 0.4) is 0 Å². The van der Waals surface area contributed by atoms with Crippen molar-refractivity contribution >= 4 is 11.9 Å². The van der Waals surface area contributed by atoms with Crippen LogP contribution in [0.1, 0.15) is 142 Å². The number of carboxylic acids is 2. The summed E-state index contributed by atoms with van der Waals surface area (Å²) in [5.74, 6) is -1.39. The topological polar surface area (TPSA) is 74.6 Å².